The van der Waals surface area contributed by atoms with Crippen LogP contribution in [0.2, 0.25) is 39.3 Å². The minimum absolute atomic E-state index is 0.601. The minimum Gasteiger partial charge on any atom is -0.668 e. The summed E-state index contributed by atoms with van der Waals surface area (Å²) >= 11 is 0.601. The van der Waals surface area contributed by atoms with Crippen molar-refractivity contribution < 1.29 is 26.1 Å². The fourth-order valence-corrected chi connectivity index (χ4v) is 23.3. The Kier molecular flexibility index (Phi) is 10.6. The maximum Gasteiger partial charge on any atom is -0.0691 e. The first kappa shape index (κ1) is 28.5. The SMILES string of the molecule is CC(C)[C]([Hg+])=P(c1ccccc1)(c1ccccc1)c1ccccc1.C[Si](C)(C)[N-][Si](C)(C)C. The zero-order valence-electron chi connectivity index (χ0n) is 21.8. The summed E-state index contributed by atoms with van der Waals surface area (Å²) < 4.78 is 6.59. The Hall–Kier alpha value is -0.711. The molecule has 5 heteroatoms. The molecule has 3 aromatic carbocycles. The van der Waals surface area contributed by atoms with Crippen LogP contribution in [-0.4, -0.2) is 19.3 Å². The van der Waals surface area contributed by atoms with E-state index >= 15 is 0 Å². The first-order chi connectivity index (χ1) is 15.4. The smallest absolute Gasteiger partial charge is 0.0691 e. The molecule has 3 rings (SSSR count). The maximum atomic E-state index is 4.82. The second-order valence-corrected chi connectivity index (χ2v) is 29.1. The molecule has 0 heterocycles. The molecule has 0 bridgehead atoms. The number of rotatable bonds is 6. The summed E-state index contributed by atoms with van der Waals surface area (Å²) in [7, 11) is -2.21. The number of benzene rings is 3. The molecular weight excluding hydrogens is 638 g/mol. The summed E-state index contributed by atoms with van der Waals surface area (Å²) in [6.45, 7) is 16.8. The summed E-state index contributed by atoms with van der Waals surface area (Å²) in [6.07, 6.45) is 0. The molecule has 0 atom stereocenters. The van der Waals surface area contributed by atoms with Crippen LogP contribution >= 0.6 is 6.89 Å². The minimum atomic E-state index is -1.70. The van der Waals surface area contributed by atoms with E-state index in [1.807, 2.05) is 0 Å². The van der Waals surface area contributed by atoms with Gasteiger partial charge in [-0.3, -0.25) is 0 Å². The number of hydrogen-bond donors (Lipinski definition) is 0. The Labute approximate surface area is 221 Å². The summed E-state index contributed by atoms with van der Waals surface area (Å²) in [5.74, 6) is 0.613. The molecule has 0 aliphatic carbocycles. The average Bonchev–Trinajstić information content (AvgIpc) is 2.74. The van der Waals surface area contributed by atoms with Crippen molar-refractivity contribution in [1.29, 1.82) is 0 Å². The van der Waals surface area contributed by atoms with E-state index in [0.717, 1.165) is 0 Å². The quantitative estimate of drug-likeness (QED) is 0.192. The summed E-state index contributed by atoms with van der Waals surface area (Å²) in [4.78, 5) is 0. The number of hydrogen-bond acceptors (Lipinski definition) is 0. The van der Waals surface area contributed by atoms with Crippen LogP contribution in [0.5, 0.6) is 0 Å². The molecule has 0 saturated heterocycles. The average molecular weight is 678 g/mol. The summed E-state index contributed by atoms with van der Waals surface area (Å²) in [5, 5.41) is 4.46. The van der Waals surface area contributed by atoms with Gasteiger partial charge in [-0.2, -0.15) is 0 Å². The van der Waals surface area contributed by atoms with E-state index in [9.17, 15) is 0 Å². The Balaban J connectivity index is 0.000000365. The molecule has 0 spiro atoms. The van der Waals surface area contributed by atoms with Crippen molar-refractivity contribution >= 4 is 42.1 Å². The van der Waals surface area contributed by atoms with Gasteiger partial charge in [0.1, 0.15) is 0 Å². The van der Waals surface area contributed by atoms with Crippen molar-refractivity contribution in [2.75, 3.05) is 0 Å². The standard InChI is InChI=1S/C22H22P.C6H18NSi2.Hg/c1-19(2)18-23(20-12-6-3-7-13-20,21-14-8-4-9-15-21)22-16-10-5-11-17-22;1-8(2,3)7-9(4,5)6;/h3-17,19H,1-2H3;1-6H3;/q;-1;+1. The van der Waals surface area contributed by atoms with Crippen LogP contribution in [0.4, 0.5) is 0 Å². The number of nitrogens with zero attached hydrogens (tertiary/aromatic N) is 1. The molecule has 0 fully saturated rings. The van der Waals surface area contributed by atoms with E-state index < -0.39 is 23.4 Å². The Morgan fingerprint density at radius 3 is 1.06 bits per heavy atom. The van der Waals surface area contributed by atoms with Crippen LogP contribution in [-0.2, 0) is 26.1 Å². The third-order valence-electron chi connectivity index (χ3n) is 5.20. The van der Waals surface area contributed by atoms with Crippen LogP contribution in [0, 0.1) is 5.92 Å². The molecule has 0 aliphatic rings. The largest absolute Gasteiger partial charge is 0.668 e. The molecule has 0 radical (unpaired) electrons. The van der Waals surface area contributed by atoms with Gasteiger partial charge in [0.15, 0.2) is 0 Å². The topological polar surface area (TPSA) is 14.1 Å². The summed E-state index contributed by atoms with van der Waals surface area (Å²) in [6, 6.07) is 33.5. The van der Waals surface area contributed by atoms with Crippen LogP contribution in [0.1, 0.15) is 13.8 Å². The Bertz CT molecular complexity index is 923. The van der Waals surface area contributed by atoms with Crippen LogP contribution in [0.15, 0.2) is 91.0 Å². The molecule has 0 aromatic heterocycles. The van der Waals surface area contributed by atoms with Gasteiger partial charge in [0.05, 0.1) is 0 Å². The third-order valence-corrected chi connectivity index (χ3v) is 23.9. The molecule has 0 amide bonds. The normalized spacial score (nSPS) is 12.2. The molecule has 33 heavy (non-hydrogen) atoms. The molecule has 1 nitrogen and oxygen atoms in total. The van der Waals surface area contributed by atoms with Gasteiger partial charge in [-0.25, -0.2) is 0 Å². The van der Waals surface area contributed by atoms with Crippen molar-refractivity contribution in [2.45, 2.75) is 53.1 Å². The van der Waals surface area contributed by atoms with Crippen molar-refractivity contribution in [3.05, 3.63) is 95.6 Å². The second-order valence-electron chi connectivity index (χ2n) is 10.8. The molecule has 3 aromatic rings. The Morgan fingerprint density at radius 1 is 0.606 bits per heavy atom. The molecule has 0 unspecified atom stereocenters. The van der Waals surface area contributed by atoms with E-state index in [0.29, 0.717) is 32.0 Å². The van der Waals surface area contributed by atoms with E-state index in [1.54, 1.807) is 2.80 Å². The third kappa shape index (κ3) is 8.18. The van der Waals surface area contributed by atoms with Gasteiger partial charge in [0.25, 0.3) is 0 Å². The van der Waals surface area contributed by atoms with E-state index in [4.69, 9.17) is 4.65 Å². The van der Waals surface area contributed by atoms with Crippen molar-refractivity contribution in [3.63, 3.8) is 0 Å². The molecule has 0 aliphatic heterocycles. The molecular formula is C28H40HgNPSi2. The van der Waals surface area contributed by atoms with Gasteiger partial charge >= 0.3 is 162 Å². The van der Waals surface area contributed by atoms with Crippen molar-refractivity contribution in [3.8, 4) is 0 Å². The van der Waals surface area contributed by atoms with Crippen LogP contribution in [0.3, 0.4) is 0 Å². The first-order valence-electron chi connectivity index (χ1n) is 11.9. The second kappa shape index (κ2) is 12.3. The molecule has 0 saturated carbocycles. The molecule has 172 valence electrons. The monoisotopic (exact) mass is 679 g/mol. The predicted molar refractivity (Wildman–Crippen MR) is 155 cm³/mol. The van der Waals surface area contributed by atoms with Crippen LogP contribution < -0.4 is 15.9 Å². The molecule has 0 N–H and O–H groups in total. The Morgan fingerprint density at radius 2 is 0.879 bits per heavy atom. The maximum absolute atomic E-state index is 4.82. The van der Waals surface area contributed by atoms with Gasteiger partial charge in [-0.1, -0.05) is 55.8 Å². The van der Waals surface area contributed by atoms with E-state index in [-0.39, 0.29) is 0 Å². The summed E-state index contributed by atoms with van der Waals surface area (Å²) in [5.41, 5.74) is 0. The van der Waals surface area contributed by atoms with Gasteiger partial charge in [0.2, 0.25) is 0 Å². The fourth-order valence-electron chi connectivity index (χ4n) is 4.29. The zero-order chi connectivity index (χ0) is 24.7. The van der Waals surface area contributed by atoms with Crippen LogP contribution in [0.25, 0.3) is 4.65 Å². The van der Waals surface area contributed by atoms with Gasteiger partial charge in [-0.05, 0) is 0 Å². The van der Waals surface area contributed by atoms with Crippen molar-refractivity contribution in [1.82, 2.24) is 0 Å². The van der Waals surface area contributed by atoms with Gasteiger partial charge in [0, 0.05) is 0 Å². The van der Waals surface area contributed by atoms with E-state index in [1.165, 1.54) is 15.9 Å². The van der Waals surface area contributed by atoms with Crippen molar-refractivity contribution in [2.24, 2.45) is 5.92 Å². The van der Waals surface area contributed by atoms with E-state index in [2.05, 4.69) is 144 Å². The van der Waals surface area contributed by atoms with Gasteiger partial charge in [-0.15, -0.1) is 0 Å². The fraction of sp³-hybridized carbons (Fsp3) is 0.321. The zero-order valence-corrected chi connectivity index (χ0v) is 30.2. The first-order valence-corrected chi connectivity index (χ1v) is 23.3. The van der Waals surface area contributed by atoms with Gasteiger partial charge < -0.3 is 4.65 Å². The predicted octanol–water partition coefficient (Wildman–Crippen LogP) is 7.34.